The summed E-state index contributed by atoms with van der Waals surface area (Å²) in [6, 6.07) is 11.8. The molecule has 18 heavy (non-hydrogen) atoms. The first kappa shape index (κ1) is 13.4. The summed E-state index contributed by atoms with van der Waals surface area (Å²) in [4.78, 5) is 0. The smallest absolute Gasteiger partial charge is 0.0824 e. The van der Waals surface area contributed by atoms with Crippen LogP contribution in [0.5, 0.6) is 0 Å². The number of halogens is 1. The first-order valence-electron chi connectivity index (χ1n) is 6.37. The normalized spacial score (nSPS) is 15.0. The maximum atomic E-state index is 10.5. The van der Waals surface area contributed by atoms with Gasteiger partial charge in [-0.1, -0.05) is 62.7 Å². The molecule has 1 N–H and O–H groups in total. The van der Waals surface area contributed by atoms with Crippen LogP contribution in [0.15, 0.2) is 36.4 Å². The van der Waals surface area contributed by atoms with E-state index in [0.29, 0.717) is 5.92 Å². The molecule has 0 spiro atoms. The van der Waals surface area contributed by atoms with E-state index in [-0.39, 0.29) is 5.92 Å². The fourth-order valence-electron chi connectivity index (χ4n) is 2.19. The zero-order valence-electron chi connectivity index (χ0n) is 11.0. The van der Waals surface area contributed by atoms with Crippen molar-refractivity contribution in [1.82, 2.24) is 0 Å². The molecule has 0 saturated carbocycles. The van der Waals surface area contributed by atoms with Crippen LogP contribution in [0.25, 0.3) is 10.8 Å². The van der Waals surface area contributed by atoms with E-state index < -0.39 is 6.10 Å². The second-order valence-electron chi connectivity index (χ2n) is 5.23. The van der Waals surface area contributed by atoms with Crippen LogP contribution < -0.4 is 0 Å². The molecule has 2 aromatic carbocycles. The summed E-state index contributed by atoms with van der Waals surface area (Å²) in [5, 5.41) is 13.3. The molecule has 2 rings (SSSR count). The zero-order valence-corrected chi connectivity index (χ0v) is 11.8. The summed E-state index contributed by atoms with van der Waals surface area (Å²) in [5.74, 6) is 0.657. The number of fused-ring (bicyclic) bond motifs is 1. The van der Waals surface area contributed by atoms with Gasteiger partial charge in [-0.3, -0.25) is 0 Å². The molecule has 0 aliphatic rings. The molecule has 0 aromatic heterocycles. The molecule has 2 aromatic rings. The van der Waals surface area contributed by atoms with E-state index in [1.54, 1.807) is 0 Å². The molecular formula is C16H19ClO. The third-order valence-electron chi connectivity index (χ3n) is 3.77. The molecule has 0 aliphatic heterocycles. The predicted octanol–water partition coefficient (Wildman–Crippen LogP) is 4.82. The van der Waals surface area contributed by atoms with Crippen LogP contribution in [-0.4, -0.2) is 5.11 Å². The fraction of sp³-hybridized carbons (Fsp3) is 0.375. The van der Waals surface area contributed by atoms with E-state index in [2.05, 4.69) is 20.8 Å². The van der Waals surface area contributed by atoms with Gasteiger partial charge in [0.1, 0.15) is 0 Å². The van der Waals surface area contributed by atoms with E-state index in [4.69, 9.17) is 11.6 Å². The second kappa shape index (κ2) is 5.29. The van der Waals surface area contributed by atoms with Gasteiger partial charge in [-0.2, -0.15) is 0 Å². The lowest BCUT2D eigenvalue weighted by Gasteiger charge is -2.24. The van der Waals surface area contributed by atoms with Gasteiger partial charge in [0.05, 0.1) is 6.10 Å². The van der Waals surface area contributed by atoms with Crippen LogP contribution in [0.4, 0.5) is 0 Å². The molecule has 2 unspecified atom stereocenters. The zero-order chi connectivity index (χ0) is 13.3. The highest BCUT2D eigenvalue weighted by molar-refractivity contribution is 6.35. The topological polar surface area (TPSA) is 20.2 Å². The average Bonchev–Trinajstić information content (AvgIpc) is 2.38. The lowest BCUT2D eigenvalue weighted by molar-refractivity contribution is 0.0934. The highest BCUT2D eigenvalue weighted by Crippen LogP contribution is 2.34. The predicted molar refractivity (Wildman–Crippen MR) is 77.9 cm³/mol. The van der Waals surface area contributed by atoms with Crippen molar-refractivity contribution < 1.29 is 5.11 Å². The van der Waals surface area contributed by atoms with E-state index in [9.17, 15) is 5.11 Å². The van der Waals surface area contributed by atoms with Crippen LogP contribution in [0.3, 0.4) is 0 Å². The largest absolute Gasteiger partial charge is 0.388 e. The Bertz CT molecular complexity index is 548. The molecule has 0 radical (unpaired) electrons. The number of aliphatic hydroxyl groups is 1. The first-order chi connectivity index (χ1) is 8.52. The maximum absolute atomic E-state index is 10.5. The first-order valence-corrected chi connectivity index (χ1v) is 6.75. The summed E-state index contributed by atoms with van der Waals surface area (Å²) in [6.45, 7) is 6.34. The van der Waals surface area contributed by atoms with Crippen LogP contribution in [0.2, 0.25) is 5.02 Å². The van der Waals surface area contributed by atoms with Gasteiger partial charge in [0.15, 0.2) is 0 Å². The van der Waals surface area contributed by atoms with E-state index in [0.717, 1.165) is 21.4 Å². The number of hydrogen-bond acceptors (Lipinski definition) is 1. The summed E-state index contributed by atoms with van der Waals surface area (Å²) in [6.07, 6.45) is -0.452. The molecule has 0 bridgehead atoms. The Kier molecular flexibility index (Phi) is 3.94. The SMILES string of the molecule is CC(C)C(C)C(O)c1ccc(Cl)c2ccccc12. The highest BCUT2D eigenvalue weighted by atomic mass is 35.5. The van der Waals surface area contributed by atoms with Crippen LogP contribution in [-0.2, 0) is 0 Å². The van der Waals surface area contributed by atoms with E-state index in [1.807, 2.05) is 36.4 Å². The van der Waals surface area contributed by atoms with E-state index in [1.165, 1.54) is 0 Å². The second-order valence-corrected chi connectivity index (χ2v) is 5.64. The number of aliphatic hydroxyl groups excluding tert-OH is 1. The Hall–Kier alpha value is -1.05. The average molecular weight is 263 g/mol. The highest BCUT2D eigenvalue weighted by Gasteiger charge is 2.21. The fourth-order valence-corrected chi connectivity index (χ4v) is 2.42. The summed E-state index contributed by atoms with van der Waals surface area (Å²) in [5.41, 5.74) is 0.969. The minimum Gasteiger partial charge on any atom is -0.388 e. The molecule has 2 heteroatoms. The van der Waals surface area contributed by atoms with Crippen molar-refractivity contribution >= 4 is 22.4 Å². The quantitative estimate of drug-likeness (QED) is 0.841. The molecule has 0 fully saturated rings. The molecule has 2 atom stereocenters. The van der Waals surface area contributed by atoms with Gasteiger partial charge in [-0.25, -0.2) is 0 Å². The molecule has 0 amide bonds. The lowest BCUT2D eigenvalue weighted by Crippen LogP contribution is -2.15. The standard InChI is InChI=1S/C16H19ClO/c1-10(2)11(3)16(18)14-8-9-15(17)13-7-5-4-6-12(13)14/h4-11,16,18H,1-3H3. The molecule has 0 aliphatic carbocycles. The number of rotatable bonds is 3. The number of benzene rings is 2. The van der Waals surface area contributed by atoms with Crippen LogP contribution in [0, 0.1) is 11.8 Å². The third-order valence-corrected chi connectivity index (χ3v) is 4.10. The van der Waals surface area contributed by atoms with Gasteiger partial charge in [-0.15, -0.1) is 0 Å². The van der Waals surface area contributed by atoms with Crippen molar-refractivity contribution in [3.63, 3.8) is 0 Å². The van der Waals surface area contributed by atoms with Gasteiger partial charge in [0.25, 0.3) is 0 Å². The van der Waals surface area contributed by atoms with Gasteiger partial charge in [0, 0.05) is 10.4 Å². The maximum Gasteiger partial charge on any atom is 0.0824 e. The third kappa shape index (κ3) is 2.38. The molecular weight excluding hydrogens is 244 g/mol. The van der Waals surface area contributed by atoms with Crippen LogP contribution >= 0.6 is 11.6 Å². The molecule has 96 valence electrons. The van der Waals surface area contributed by atoms with Crippen molar-refractivity contribution in [3.8, 4) is 0 Å². The lowest BCUT2D eigenvalue weighted by atomic mass is 9.86. The van der Waals surface area contributed by atoms with Crippen molar-refractivity contribution in [2.75, 3.05) is 0 Å². The molecule has 0 saturated heterocycles. The summed E-state index contributed by atoms with van der Waals surface area (Å²) >= 11 is 6.19. The molecule has 0 heterocycles. The van der Waals surface area contributed by atoms with Crippen molar-refractivity contribution in [3.05, 3.63) is 47.0 Å². The van der Waals surface area contributed by atoms with Gasteiger partial charge >= 0.3 is 0 Å². The van der Waals surface area contributed by atoms with Gasteiger partial charge in [-0.05, 0) is 28.9 Å². The summed E-state index contributed by atoms with van der Waals surface area (Å²) in [7, 11) is 0. The Morgan fingerprint density at radius 2 is 1.56 bits per heavy atom. The Labute approximate surface area is 113 Å². The van der Waals surface area contributed by atoms with Crippen molar-refractivity contribution in [2.45, 2.75) is 26.9 Å². The van der Waals surface area contributed by atoms with Crippen LogP contribution in [0.1, 0.15) is 32.4 Å². The molecule has 1 nitrogen and oxygen atoms in total. The van der Waals surface area contributed by atoms with Gasteiger partial charge in [0.2, 0.25) is 0 Å². The van der Waals surface area contributed by atoms with Crippen molar-refractivity contribution in [2.24, 2.45) is 11.8 Å². The Morgan fingerprint density at radius 1 is 0.944 bits per heavy atom. The summed E-state index contributed by atoms with van der Waals surface area (Å²) < 4.78 is 0. The number of hydrogen-bond donors (Lipinski definition) is 1. The Balaban J connectivity index is 2.55. The minimum absolute atomic E-state index is 0.217. The Morgan fingerprint density at radius 3 is 2.17 bits per heavy atom. The monoisotopic (exact) mass is 262 g/mol. The van der Waals surface area contributed by atoms with Crippen molar-refractivity contribution in [1.29, 1.82) is 0 Å². The minimum atomic E-state index is -0.452. The van der Waals surface area contributed by atoms with E-state index >= 15 is 0 Å². The van der Waals surface area contributed by atoms with Gasteiger partial charge < -0.3 is 5.11 Å².